The highest BCUT2D eigenvalue weighted by atomic mass is 32.2. The van der Waals surface area contributed by atoms with Gasteiger partial charge in [0.15, 0.2) is 29.5 Å². The first kappa shape index (κ1) is 57.7. The van der Waals surface area contributed by atoms with E-state index in [9.17, 15) is 25.3 Å². The first-order valence-electron chi connectivity index (χ1n) is 27.2. The number of sulfone groups is 3. The van der Waals surface area contributed by atoms with Gasteiger partial charge in [-0.2, -0.15) is 0 Å². The third kappa shape index (κ3) is 15.9. The Balaban J connectivity index is 0.842. The highest BCUT2D eigenvalue weighted by Gasteiger charge is 2.11. The summed E-state index contributed by atoms with van der Waals surface area (Å²) in [5.41, 5.74) is 19.0. The molecule has 10 aromatic rings. The summed E-state index contributed by atoms with van der Waals surface area (Å²) in [6.45, 7) is 0. The maximum atomic E-state index is 11.8. The Morgan fingerprint density at radius 1 is 0.179 bits per heavy atom. The molecule has 0 unspecified atom stereocenters. The second kappa shape index (κ2) is 25.7. The van der Waals surface area contributed by atoms with Gasteiger partial charge >= 0.3 is 0 Å². The number of rotatable bonds is 18. The zero-order valence-corrected chi connectivity index (χ0v) is 49.1. The molecule has 10 aromatic carbocycles. The van der Waals surface area contributed by atoms with Crippen molar-refractivity contribution in [1.29, 1.82) is 0 Å². The highest BCUT2D eigenvalue weighted by molar-refractivity contribution is 7.91. The quantitative estimate of drug-likeness (QED) is 0.0793. The summed E-state index contributed by atoms with van der Waals surface area (Å²) < 4.78 is 71.1. The van der Waals surface area contributed by atoms with Crippen LogP contribution in [0.2, 0.25) is 0 Å². The Kier molecular flexibility index (Phi) is 17.7. The summed E-state index contributed by atoms with van der Waals surface area (Å²) in [5, 5.41) is 0. The largest absolute Gasteiger partial charge is 0.224 e. The van der Waals surface area contributed by atoms with Gasteiger partial charge < -0.3 is 0 Å². The van der Waals surface area contributed by atoms with Crippen LogP contribution in [0.3, 0.4) is 0 Å². The molecule has 0 radical (unpaired) electrons. The van der Waals surface area contributed by atoms with Crippen LogP contribution >= 0.6 is 0 Å². The molecule has 6 nitrogen and oxygen atoms in total. The van der Waals surface area contributed by atoms with Gasteiger partial charge in [0.2, 0.25) is 0 Å². The fourth-order valence-electron chi connectivity index (χ4n) is 9.28. The Hall–Kier alpha value is -9.51. The molecule has 10 rings (SSSR count). The average molecular weight is 1150 g/mol. The molecule has 0 amide bonds. The van der Waals surface area contributed by atoms with Gasteiger partial charge in [-0.1, -0.05) is 255 Å². The minimum absolute atomic E-state index is 0.305. The Morgan fingerprint density at radius 2 is 0.298 bits per heavy atom. The molecule has 9 heteroatoms. The lowest BCUT2D eigenvalue weighted by atomic mass is 9.92. The molecule has 0 atom stereocenters. The van der Waals surface area contributed by atoms with Crippen molar-refractivity contribution in [3.05, 3.63) is 303 Å². The van der Waals surface area contributed by atoms with Crippen LogP contribution in [0, 0.1) is 0 Å². The van der Waals surface area contributed by atoms with E-state index in [1.54, 1.807) is 36.4 Å². The van der Waals surface area contributed by atoms with Crippen molar-refractivity contribution >= 4 is 102 Å². The van der Waals surface area contributed by atoms with Gasteiger partial charge in [-0.05, 0) is 155 Å². The second-order valence-corrected chi connectivity index (χ2v) is 26.7. The molecule has 0 saturated carbocycles. The molecule has 0 aliphatic rings. The predicted molar refractivity (Wildman–Crippen MR) is 354 cm³/mol. The van der Waals surface area contributed by atoms with E-state index < -0.39 is 29.5 Å². The van der Waals surface area contributed by atoms with Crippen LogP contribution < -0.4 is 0 Å². The van der Waals surface area contributed by atoms with Crippen molar-refractivity contribution in [3.8, 4) is 33.4 Å². The van der Waals surface area contributed by atoms with Gasteiger partial charge in [-0.25, -0.2) is 25.3 Å². The van der Waals surface area contributed by atoms with E-state index in [0.717, 1.165) is 100 Å². The first-order chi connectivity index (χ1) is 40.4. The third-order valence-electron chi connectivity index (χ3n) is 14.2. The van der Waals surface area contributed by atoms with Gasteiger partial charge in [-0.3, -0.25) is 0 Å². The zero-order valence-electron chi connectivity index (χ0n) is 46.6. The van der Waals surface area contributed by atoms with Gasteiger partial charge in [0.05, 0.1) is 14.7 Å². The Morgan fingerprint density at radius 3 is 0.429 bits per heavy atom. The Labute approximate surface area is 494 Å². The maximum Gasteiger partial charge on any atom is 0.175 e. The van der Waals surface area contributed by atoms with Crippen LogP contribution in [0.25, 0.3) is 106 Å². The fraction of sp³-hybridized carbons (Fsp3) is 0.0400. The lowest BCUT2D eigenvalue weighted by Gasteiger charge is -2.12. The molecule has 0 aromatic heterocycles. The molecule has 0 bridgehead atoms. The smallest absolute Gasteiger partial charge is 0.175 e. The number of hydrogen-bond acceptors (Lipinski definition) is 6. The summed E-state index contributed by atoms with van der Waals surface area (Å²) in [5.74, 6) is 0. The van der Waals surface area contributed by atoms with Crippen LogP contribution in [-0.2, 0) is 29.5 Å². The van der Waals surface area contributed by atoms with Gasteiger partial charge in [0.25, 0.3) is 0 Å². The molecule has 414 valence electrons. The molecule has 0 spiro atoms. The molecular weight excluding hydrogens is 1090 g/mol. The number of benzene rings is 10. The number of hydrogen-bond donors (Lipinski definition) is 0. The van der Waals surface area contributed by atoms with Crippen molar-refractivity contribution in [2.45, 2.75) is 14.7 Å². The fourth-order valence-corrected chi connectivity index (χ4v) is 11.2. The highest BCUT2D eigenvalue weighted by Crippen LogP contribution is 2.34. The van der Waals surface area contributed by atoms with E-state index in [4.69, 9.17) is 0 Å². The minimum Gasteiger partial charge on any atom is -0.224 e. The average Bonchev–Trinajstić information content (AvgIpc) is 3.57. The van der Waals surface area contributed by atoms with Crippen molar-refractivity contribution in [2.75, 3.05) is 18.8 Å². The summed E-state index contributed by atoms with van der Waals surface area (Å²) in [6, 6.07) is 78.2. The van der Waals surface area contributed by atoms with E-state index in [-0.39, 0.29) is 0 Å². The SMILES string of the molecule is CS(=O)(=O)c1ccc(/C=C/c2ccc(/C=C/c3ccc(-c4cc(-c5ccc(/C=C/c6ccc(/C=C/c7ccc(S(C)(=O)=O)cc7)cc6)cc5)cc(-c5ccc(/C=C/c6ccc(/C=C/c7ccc(S(C)(=O)=O)cc7)cc6)cc5)c4)cc3)cc2)cc1. The van der Waals surface area contributed by atoms with Crippen LogP contribution in [0.1, 0.15) is 66.8 Å². The van der Waals surface area contributed by atoms with E-state index in [0.29, 0.717) is 14.7 Å². The zero-order chi connectivity index (χ0) is 58.7. The molecule has 0 aliphatic carbocycles. The third-order valence-corrected chi connectivity index (χ3v) is 17.6. The maximum absolute atomic E-state index is 11.8. The summed E-state index contributed by atoms with van der Waals surface area (Å²) in [6.07, 6.45) is 28.3. The van der Waals surface area contributed by atoms with Gasteiger partial charge in [-0.15, -0.1) is 0 Å². The first-order valence-corrected chi connectivity index (χ1v) is 32.8. The van der Waals surface area contributed by atoms with Crippen molar-refractivity contribution in [1.82, 2.24) is 0 Å². The molecular formula is C75H60O6S3. The van der Waals surface area contributed by atoms with E-state index in [1.165, 1.54) is 18.8 Å². The van der Waals surface area contributed by atoms with Crippen molar-refractivity contribution < 1.29 is 25.3 Å². The predicted octanol–water partition coefficient (Wildman–Crippen LogP) is 17.9. The van der Waals surface area contributed by atoms with Crippen LogP contribution in [0.5, 0.6) is 0 Å². The van der Waals surface area contributed by atoms with E-state index >= 15 is 0 Å². The lowest BCUT2D eigenvalue weighted by molar-refractivity contribution is 0.600. The topological polar surface area (TPSA) is 102 Å². The standard InChI is InChI=1S/C75H60O6S3/c1-82(76,77)73-46-34-64(35-47-73)25-19-58-10-4-55(5-11-58)16-22-61-28-40-67(41-29-61)70-52-71(68-42-30-62(31-43-68)23-17-56-6-12-59(13-7-56)20-26-65-36-48-74(49-37-65)83(2,78)79)54-72(53-70)69-44-32-63(33-45-69)24-18-57-8-14-60(15-9-57)21-27-66-38-50-75(51-39-66)84(3,80)81/h4-54H,1-3H3/b22-16+,23-17+,24-18+,25-19+,26-20+,27-21+. The van der Waals surface area contributed by atoms with Crippen LogP contribution in [-0.4, -0.2) is 44.0 Å². The van der Waals surface area contributed by atoms with Crippen molar-refractivity contribution in [2.24, 2.45) is 0 Å². The molecule has 0 aliphatic heterocycles. The van der Waals surface area contributed by atoms with Gasteiger partial charge in [0, 0.05) is 18.8 Å². The normalized spacial score (nSPS) is 12.5. The molecule has 0 saturated heterocycles. The summed E-state index contributed by atoms with van der Waals surface area (Å²) in [4.78, 5) is 0.916. The summed E-state index contributed by atoms with van der Waals surface area (Å²) in [7, 11) is -9.71. The summed E-state index contributed by atoms with van der Waals surface area (Å²) >= 11 is 0. The monoisotopic (exact) mass is 1150 g/mol. The van der Waals surface area contributed by atoms with Crippen LogP contribution in [0.15, 0.2) is 251 Å². The van der Waals surface area contributed by atoms with Crippen molar-refractivity contribution in [3.63, 3.8) is 0 Å². The van der Waals surface area contributed by atoms with E-state index in [2.05, 4.69) is 200 Å². The lowest BCUT2D eigenvalue weighted by Crippen LogP contribution is -1.95. The van der Waals surface area contributed by atoms with Gasteiger partial charge in [0.1, 0.15) is 0 Å². The molecule has 0 heterocycles. The minimum atomic E-state index is -3.24. The van der Waals surface area contributed by atoms with Crippen LogP contribution in [0.4, 0.5) is 0 Å². The Bertz CT molecular complexity index is 4000. The molecule has 0 fully saturated rings. The second-order valence-electron chi connectivity index (χ2n) is 20.7. The van der Waals surface area contributed by atoms with E-state index in [1.807, 2.05) is 72.9 Å². The molecule has 0 N–H and O–H groups in total. The molecule has 84 heavy (non-hydrogen) atoms.